The van der Waals surface area contributed by atoms with Crippen LogP contribution in [0.3, 0.4) is 0 Å². The van der Waals surface area contributed by atoms with Gasteiger partial charge in [-0.3, -0.25) is 14.9 Å². The minimum absolute atomic E-state index is 0.0262. The Kier molecular flexibility index (Phi) is 5.49. The number of tetrazole rings is 1. The molecule has 11 heteroatoms. The maximum atomic E-state index is 11.9. The molecule has 1 amide bonds. The third-order valence-electron chi connectivity index (χ3n) is 3.20. The van der Waals surface area contributed by atoms with E-state index in [1.807, 2.05) is 24.3 Å². The molecular formula is C15H11BrN6O3S. The summed E-state index contributed by atoms with van der Waals surface area (Å²) in [6.07, 6.45) is 2.83. The molecule has 1 aromatic carbocycles. The van der Waals surface area contributed by atoms with Crippen LogP contribution < -0.4 is 5.32 Å². The molecule has 0 aliphatic rings. The van der Waals surface area contributed by atoms with Crippen molar-refractivity contribution in [2.45, 2.75) is 6.54 Å². The van der Waals surface area contributed by atoms with E-state index in [0.717, 1.165) is 21.5 Å². The predicted molar refractivity (Wildman–Crippen MR) is 98.7 cm³/mol. The fourth-order valence-corrected chi connectivity index (χ4v) is 3.15. The lowest BCUT2D eigenvalue weighted by Crippen LogP contribution is -2.22. The van der Waals surface area contributed by atoms with Crippen LogP contribution in [0.1, 0.15) is 10.7 Å². The molecule has 0 saturated carbocycles. The fourth-order valence-electron chi connectivity index (χ4n) is 2.04. The van der Waals surface area contributed by atoms with Gasteiger partial charge in [-0.15, -0.1) is 5.10 Å². The molecule has 0 bridgehead atoms. The second kappa shape index (κ2) is 7.97. The Bertz CT molecular complexity index is 983. The average Bonchev–Trinajstić information content (AvgIpc) is 3.27. The van der Waals surface area contributed by atoms with E-state index in [1.165, 1.54) is 22.9 Å². The number of benzene rings is 1. The lowest BCUT2D eigenvalue weighted by atomic mass is 10.3. The van der Waals surface area contributed by atoms with Gasteiger partial charge >= 0.3 is 5.00 Å². The summed E-state index contributed by atoms with van der Waals surface area (Å²) in [5, 5.41) is 24.8. The van der Waals surface area contributed by atoms with Gasteiger partial charge in [-0.05, 0) is 40.8 Å². The van der Waals surface area contributed by atoms with E-state index in [9.17, 15) is 14.9 Å². The minimum atomic E-state index is -0.468. The Balaban J connectivity index is 1.62. The van der Waals surface area contributed by atoms with Gasteiger partial charge in [0.1, 0.15) is 0 Å². The number of nitro groups is 1. The molecule has 1 N–H and O–H groups in total. The summed E-state index contributed by atoms with van der Waals surface area (Å²) in [7, 11) is 0. The molecule has 2 aromatic heterocycles. The van der Waals surface area contributed by atoms with Crippen molar-refractivity contribution in [3.8, 4) is 5.69 Å². The molecule has 0 aliphatic heterocycles. The lowest BCUT2D eigenvalue weighted by molar-refractivity contribution is -0.380. The van der Waals surface area contributed by atoms with Gasteiger partial charge in [0.05, 0.1) is 17.2 Å². The summed E-state index contributed by atoms with van der Waals surface area (Å²) in [6, 6.07) is 10.4. The molecule has 0 unspecified atom stereocenters. The zero-order chi connectivity index (χ0) is 18.5. The van der Waals surface area contributed by atoms with Gasteiger partial charge in [0.25, 0.3) is 0 Å². The van der Waals surface area contributed by atoms with E-state index in [4.69, 9.17) is 0 Å². The number of nitrogens with one attached hydrogen (secondary N) is 1. The average molecular weight is 435 g/mol. The third kappa shape index (κ3) is 4.37. The van der Waals surface area contributed by atoms with Crippen molar-refractivity contribution in [2.75, 3.05) is 0 Å². The van der Waals surface area contributed by atoms with Gasteiger partial charge in [0, 0.05) is 21.5 Å². The van der Waals surface area contributed by atoms with E-state index in [1.54, 1.807) is 6.07 Å². The Morgan fingerprint density at radius 3 is 2.96 bits per heavy atom. The number of hydrogen-bond acceptors (Lipinski definition) is 7. The molecule has 0 atom stereocenters. The first-order chi connectivity index (χ1) is 12.5. The first-order valence-electron chi connectivity index (χ1n) is 7.26. The summed E-state index contributed by atoms with van der Waals surface area (Å²) in [6.45, 7) is 0.132. The van der Waals surface area contributed by atoms with E-state index in [0.29, 0.717) is 10.7 Å². The number of carbonyl (C=O) groups excluding carboxylic acids is 1. The quantitative estimate of drug-likeness (QED) is 0.362. The molecule has 0 saturated heterocycles. The molecule has 0 fully saturated rings. The molecule has 0 spiro atoms. The van der Waals surface area contributed by atoms with Crippen LogP contribution in [0.25, 0.3) is 11.8 Å². The largest absolute Gasteiger partial charge is 0.345 e. The van der Waals surface area contributed by atoms with Crippen molar-refractivity contribution in [1.82, 2.24) is 25.5 Å². The van der Waals surface area contributed by atoms with Gasteiger partial charge < -0.3 is 5.32 Å². The van der Waals surface area contributed by atoms with Crippen LogP contribution in [-0.4, -0.2) is 31.0 Å². The number of amides is 1. The van der Waals surface area contributed by atoms with Crippen molar-refractivity contribution < 1.29 is 9.72 Å². The zero-order valence-electron chi connectivity index (χ0n) is 13.1. The number of hydrogen-bond donors (Lipinski definition) is 1. The van der Waals surface area contributed by atoms with Crippen LogP contribution in [0.4, 0.5) is 5.00 Å². The normalized spacial score (nSPS) is 11.0. The molecule has 132 valence electrons. The van der Waals surface area contributed by atoms with Gasteiger partial charge in [0.2, 0.25) is 5.91 Å². The predicted octanol–water partition coefficient (Wildman–Crippen LogP) is 2.72. The highest BCUT2D eigenvalue weighted by Gasteiger charge is 2.10. The summed E-state index contributed by atoms with van der Waals surface area (Å²) in [4.78, 5) is 22.7. The Morgan fingerprint density at radius 1 is 1.38 bits per heavy atom. The number of aromatic nitrogens is 4. The highest BCUT2D eigenvalue weighted by atomic mass is 79.9. The van der Waals surface area contributed by atoms with Crippen LogP contribution in [0.2, 0.25) is 0 Å². The minimum Gasteiger partial charge on any atom is -0.345 e. The molecule has 26 heavy (non-hydrogen) atoms. The first-order valence-corrected chi connectivity index (χ1v) is 8.87. The highest BCUT2D eigenvalue weighted by Crippen LogP contribution is 2.24. The molecular weight excluding hydrogens is 424 g/mol. The molecule has 2 heterocycles. The van der Waals surface area contributed by atoms with Crippen molar-refractivity contribution in [3.63, 3.8) is 0 Å². The van der Waals surface area contributed by atoms with Crippen LogP contribution >= 0.6 is 27.3 Å². The van der Waals surface area contributed by atoms with E-state index < -0.39 is 4.92 Å². The zero-order valence-corrected chi connectivity index (χ0v) is 15.5. The van der Waals surface area contributed by atoms with Gasteiger partial charge in [-0.1, -0.05) is 33.3 Å². The number of thiophene rings is 1. The molecule has 0 aliphatic carbocycles. The standard InChI is InChI=1S/C15H11BrN6O3S/c16-10-2-1-3-11(8-10)21-13(18-19-20-21)9-17-14(23)6-4-12-5-7-15(26-12)22(24)25/h1-8H,9H2,(H,17,23)/b6-4+. The van der Waals surface area contributed by atoms with E-state index in [-0.39, 0.29) is 17.5 Å². The van der Waals surface area contributed by atoms with E-state index >= 15 is 0 Å². The third-order valence-corrected chi connectivity index (χ3v) is 4.69. The summed E-state index contributed by atoms with van der Waals surface area (Å²) in [5.74, 6) is 0.112. The number of rotatable bonds is 6. The second-order valence-electron chi connectivity index (χ2n) is 4.97. The topological polar surface area (TPSA) is 116 Å². The smallest absolute Gasteiger partial charge is 0.324 e. The van der Waals surface area contributed by atoms with Crippen LogP contribution in [0.5, 0.6) is 0 Å². The maximum absolute atomic E-state index is 11.9. The molecule has 3 aromatic rings. The number of halogens is 1. The number of nitrogens with zero attached hydrogens (tertiary/aromatic N) is 5. The monoisotopic (exact) mass is 434 g/mol. The SMILES string of the molecule is O=C(/C=C/c1ccc([N+](=O)[O-])s1)NCc1nnnn1-c1cccc(Br)c1. The second-order valence-corrected chi connectivity index (χ2v) is 6.98. The fraction of sp³-hybridized carbons (Fsp3) is 0.0667. The molecule has 0 radical (unpaired) electrons. The summed E-state index contributed by atoms with van der Waals surface area (Å²) < 4.78 is 2.41. The van der Waals surface area contributed by atoms with Gasteiger partial charge in [-0.25, -0.2) is 0 Å². The highest BCUT2D eigenvalue weighted by molar-refractivity contribution is 9.10. The van der Waals surface area contributed by atoms with Crippen molar-refractivity contribution in [2.24, 2.45) is 0 Å². The maximum Gasteiger partial charge on any atom is 0.324 e. The molecule has 3 rings (SSSR count). The Labute approximate surface area is 159 Å². The molecule has 9 nitrogen and oxygen atoms in total. The van der Waals surface area contributed by atoms with Crippen molar-refractivity contribution in [1.29, 1.82) is 0 Å². The first kappa shape index (κ1) is 17.9. The Hall–Kier alpha value is -2.92. The van der Waals surface area contributed by atoms with Crippen LogP contribution in [0.15, 0.2) is 46.9 Å². The van der Waals surface area contributed by atoms with Gasteiger partial charge in [-0.2, -0.15) is 4.68 Å². The van der Waals surface area contributed by atoms with Gasteiger partial charge in [0.15, 0.2) is 5.82 Å². The summed E-state index contributed by atoms with van der Waals surface area (Å²) >= 11 is 4.38. The Morgan fingerprint density at radius 2 is 2.23 bits per heavy atom. The van der Waals surface area contributed by atoms with Crippen LogP contribution in [0, 0.1) is 10.1 Å². The number of carbonyl (C=O) groups is 1. The van der Waals surface area contributed by atoms with Crippen molar-refractivity contribution in [3.05, 3.63) is 67.8 Å². The van der Waals surface area contributed by atoms with E-state index in [2.05, 4.69) is 36.8 Å². The van der Waals surface area contributed by atoms with Crippen LogP contribution in [-0.2, 0) is 11.3 Å². The van der Waals surface area contributed by atoms with Crippen molar-refractivity contribution >= 4 is 44.3 Å². The summed E-state index contributed by atoms with van der Waals surface area (Å²) in [5.41, 5.74) is 0.759. The lowest BCUT2D eigenvalue weighted by Gasteiger charge is -2.05.